The second kappa shape index (κ2) is 8.84. The minimum absolute atomic E-state index is 0.0876. The Morgan fingerprint density at radius 3 is 2.66 bits per heavy atom. The minimum atomic E-state index is -0.0876. The third-order valence-corrected chi connectivity index (χ3v) is 5.64. The van der Waals surface area contributed by atoms with Crippen molar-refractivity contribution in [2.24, 2.45) is 0 Å². The summed E-state index contributed by atoms with van der Waals surface area (Å²) < 4.78 is 11.7. The summed E-state index contributed by atoms with van der Waals surface area (Å²) in [7, 11) is 0. The minimum Gasteiger partial charge on any atom is -0.486 e. The molecule has 0 saturated carbocycles. The predicted octanol–water partition coefficient (Wildman–Crippen LogP) is 3.40. The molecule has 4 aromatic rings. The van der Waals surface area contributed by atoms with Gasteiger partial charge in [0.2, 0.25) is 0 Å². The number of benzene rings is 2. The van der Waals surface area contributed by atoms with Crippen LogP contribution < -0.4 is 4.74 Å². The summed E-state index contributed by atoms with van der Waals surface area (Å²) in [6, 6.07) is 17.6. The first-order chi connectivity index (χ1) is 15.6. The number of H-pyrrole nitrogens is 1. The number of furan rings is 1. The van der Waals surface area contributed by atoms with E-state index in [1.54, 1.807) is 12.1 Å². The first kappa shape index (κ1) is 20.3. The van der Waals surface area contributed by atoms with Crippen molar-refractivity contribution in [3.05, 3.63) is 77.8 Å². The number of nitrogens with zero attached hydrogens (tertiary/aromatic N) is 4. The molecule has 2 aromatic heterocycles. The standard InChI is InChI=1S/C24H25N5O3/c1-17-25-23(27-26-17)15-28-10-12-29(13-11-28)24(30)22-9-8-21(32-22)16-31-20-7-6-18-4-2-3-5-19(18)14-20/h2-9,14H,10-13,15-16H2,1H3,(H,25,26,27). The summed E-state index contributed by atoms with van der Waals surface area (Å²) in [6.07, 6.45) is 0. The molecule has 8 heteroatoms. The van der Waals surface area contributed by atoms with Crippen LogP contribution in [0.5, 0.6) is 5.75 Å². The van der Waals surface area contributed by atoms with E-state index in [-0.39, 0.29) is 12.5 Å². The van der Waals surface area contributed by atoms with E-state index in [0.29, 0.717) is 31.2 Å². The van der Waals surface area contributed by atoms with Crippen molar-refractivity contribution in [2.45, 2.75) is 20.1 Å². The summed E-state index contributed by atoms with van der Waals surface area (Å²) >= 11 is 0. The first-order valence-corrected chi connectivity index (χ1v) is 10.7. The van der Waals surface area contributed by atoms with Crippen LogP contribution in [0.25, 0.3) is 10.8 Å². The molecule has 1 saturated heterocycles. The molecule has 1 amide bonds. The van der Waals surface area contributed by atoms with Gasteiger partial charge in [0.1, 0.15) is 23.9 Å². The van der Waals surface area contributed by atoms with E-state index >= 15 is 0 Å². The number of rotatable bonds is 6. The molecule has 1 fully saturated rings. The van der Waals surface area contributed by atoms with Gasteiger partial charge in [-0.3, -0.25) is 14.8 Å². The van der Waals surface area contributed by atoms with E-state index in [2.05, 4.69) is 32.2 Å². The summed E-state index contributed by atoms with van der Waals surface area (Å²) in [5, 5.41) is 9.34. The van der Waals surface area contributed by atoms with Crippen molar-refractivity contribution in [1.82, 2.24) is 25.0 Å². The number of piperazine rings is 1. The summed E-state index contributed by atoms with van der Waals surface area (Å²) in [5.74, 6) is 3.25. The van der Waals surface area contributed by atoms with Crippen molar-refractivity contribution in [1.29, 1.82) is 0 Å². The Bertz CT molecular complexity index is 1220. The summed E-state index contributed by atoms with van der Waals surface area (Å²) in [5.41, 5.74) is 0. The molecule has 0 radical (unpaired) electrons. The van der Waals surface area contributed by atoms with Crippen LogP contribution >= 0.6 is 0 Å². The molecule has 0 atom stereocenters. The molecule has 1 aliphatic heterocycles. The Labute approximate surface area is 185 Å². The van der Waals surface area contributed by atoms with Crippen LogP contribution in [0, 0.1) is 6.92 Å². The number of amides is 1. The summed E-state index contributed by atoms with van der Waals surface area (Å²) in [6.45, 7) is 5.68. The van der Waals surface area contributed by atoms with Crippen LogP contribution in [0.2, 0.25) is 0 Å². The highest BCUT2D eigenvalue weighted by molar-refractivity contribution is 5.91. The predicted molar refractivity (Wildman–Crippen MR) is 119 cm³/mol. The maximum Gasteiger partial charge on any atom is 0.289 e. The molecule has 0 bridgehead atoms. The zero-order valence-electron chi connectivity index (χ0n) is 18.0. The number of carbonyl (C=O) groups is 1. The second-order valence-electron chi connectivity index (χ2n) is 7.97. The van der Waals surface area contributed by atoms with Crippen molar-refractivity contribution in [3.63, 3.8) is 0 Å². The number of aryl methyl sites for hydroxylation is 1. The number of fused-ring (bicyclic) bond motifs is 1. The monoisotopic (exact) mass is 431 g/mol. The van der Waals surface area contributed by atoms with Crippen LogP contribution in [0.15, 0.2) is 59.0 Å². The Morgan fingerprint density at radius 2 is 1.88 bits per heavy atom. The zero-order chi connectivity index (χ0) is 21.9. The Hall–Kier alpha value is -3.65. The van der Waals surface area contributed by atoms with Crippen LogP contribution in [-0.2, 0) is 13.2 Å². The highest BCUT2D eigenvalue weighted by Crippen LogP contribution is 2.22. The lowest BCUT2D eigenvalue weighted by Gasteiger charge is -2.33. The molecule has 5 rings (SSSR count). The SMILES string of the molecule is Cc1nc(CN2CCN(C(=O)c3ccc(COc4ccc5ccccc5c4)o3)CC2)n[nH]1. The van der Waals surface area contributed by atoms with Crippen molar-refractivity contribution >= 4 is 16.7 Å². The van der Waals surface area contributed by atoms with E-state index in [1.807, 2.05) is 42.2 Å². The number of nitrogens with one attached hydrogen (secondary N) is 1. The molecule has 1 N–H and O–H groups in total. The molecule has 8 nitrogen and oxygen atoms in total. The number of aromatic nitrogens is 3. The van der Waals surface area contributed by atoms with Crippen molar-refractivity contribution in [2.75, 3.05) is 26.2 Å². The molecule has 32 heavy (non-hydrogen) atoms. The van der Waals surface area contributed by atoms with Gasteiger partial charge in [-0.25, -0.2) is 4.98 Å². The third kappa shape index (κ3) is 4.50. The number of ether oxygens (including phenoxy) is 1. The molecule has 164 valence electrons. The van der Waals surface area contributed by atoms with Gasteiger partial charge in [-0.2, -0.15) is 5.10 Å². The van der Waals surface area contributed by atoms with E-state index in [0.717, 1.165) is 35.9 Å². The smallest absolute Gasteiger partial charge is 0.289 e. The number of hydrogen-bond donors (Lipinski definition) is 1. The largest absolute Gasteiger partial charge is 0.486 e. The molecular formula is C24H25N5O3. The van der Waals surface area contributed by atoms with Gasteiger partial charge in [-0.1, -0.05) is 30.3 Å². The van der Waals surface area contributed by atoms with Crippen molar-refractivity contribution < 1.29 is 13.9 Å². The van der Waals surface area contributed by atoms with Gasteiger partial charge >= 0.3 is 0 Å². The zero-order valence-corrected chi connectivity index (χ0v) is 18.0. The summed E-state index contributed by atoms with van der Waals surface area (Å²) in [4.78, 5) is 21.3. The van der Waals surface area contributed by atoms with Gasteiger partial charge in [0.25, 0.3) is 5.91 Å². The lowest BCUT2D eigenvalue weighted by atomic mass is 10.1. The molecular weight excluding hydrogens is 406 g/mol. The van der Waals surface area contributed by atoms with Gasteiger partial charge in [0, 0.05) is 26.2 Å². The van der Waals surface area contributed by atoms with Crippen LogP contribution in [0.3, 0.4) is 0 Å². The lowest BCUT2D eigenvalue weighted by molar-refractivity contribution is 0.0591. The number of aromatic amines is 1. The second-order valence-corrected chi connectivity index (χ2v) is 7.97. The van der Waals surface area contributed by atoms with Crippen LogP contribution in [-0.4, -0.2) is 57.1 Å². The average molecular weight is 431 g/mol. The Morgan fingerprint density at radius 1 is 1.06 bits per heavy atom. The Kier molecular flexibility index (Phi) is 5.60. The van der Waals surface area contributed by atoms with Gasteiger partial charge in [0.05, 0.1) is 6.54 Å². The fourth-order valence-electron chi connectivity index (χ4n) is 3.91. The van der Waals surface area contributed by atoms with E-state index < -0.39 is 0 Å². The molecule has 2 aromatic carbocycles. The fourth-order valence-corrected chi connectivity index (χ4v) is 3.91. The molecule has 3 heterocycles. The number of hydrogen-bond acceptors (Lipinski definition) is 6. The third-order valence-electron chi connectivity index (χ3n) is 5.64. The quantitative estimate of drug-likeness (QED) is 0.504. The molecule has 1 aliphatic rings. The Balaban J connectivity index is 1.14. The normalized spacial score (nSPS) is 14.7. The highest BCUT2D eigenvalue weighted by atomic mass is 16.5. The van der Waals surface area contributed by atoms with E-state index in [4.69, 9.17) is 9.15 Å². The fraction of sp³-hybridized carbons (Fsp3) is 0.292. The highest BCUT2D eigenvalue weighted by Gasteiger charge is 2.25. The molecule has 0 spiro atoms. The van der Waals surface area contributed by atoms with Crippen LogP contribution in [0.1, 0.15) is 28.0 Å². The van der Waals surface area contributed by atoms with Gasteiger partial charge in [-0.05, 0) is 42.0 Å². The van der Waals surface area contributed by atoms with Gasteiger partial charge in [-0.15, -0.1) is 0 Å². The number of carbonyl (C=O) groups excluding carboxylic acids is 1. The maximum absolute atomic E-state index is 12.8. The van der Waals surface area contributed by atoms with Gasteiger partial charge in [0.15, 0.2) is 11.6 Å². The van der Waals surface area contributed by atoms with Crippen LogP contribution in [0.4, 0.5) is 0 Å². The maximum atomic E-state index is 12.8. The molecule has 0 unspecified atom stereocenters. The van der Waals surface area contributed by atoms with Crippen molar-refractivity contribution in [3.8, 4) is 5.75 Å². The first-order valence-electron chi connectivity index (χ1n) is 10.7. The molecule has 0 aliphatic carbocycles. The van der Waals surface area contributed by atoms with E-state index in [1.165, 1.54) is 5.39 Å². The topological polar surface area (TPSA) is 87.5 Å². The van der Waals surface area contributed by atoms with E-state index in [9.17, 15) is 4.79 Å². The lowest BCUT2D eigenvalue weighted by Crippen LogP contribution is -2.48. The average Bonchev–Trinajstić information content (AvgIpc) is 3.46. The van der Waals surface area contributed by atoms with Gasteiger partial charge < -0.3 is 14.1 Å².